The van der Waals surface area contributed by atoms with E-state index in [0.717, 1.165) is 32.0 Å². The first-order chi connectivity index (χ1) is 7.45. The first-order valence-corrected chi connectivity index (χ1v) is 5.05. The van der Waals surface area contributed by atoms with Crippen LogP contribution in [0.4, 0.5) is 5.82 Å². The van der Waals surface area contributed by atoms with Gasteiger partial charge in [-0.2, -0.15) is 0 Å². The van der Waals surface area contributed by atoms with Gasteiger partial charge in [0.05, 0.1) is 0 Å². The van der Waals surface area contributed by atoms with Gasteiger partial charge in [-0.3, -0.25) is 4.40 Å². The van der Waals surface area contributed by atoms with Crippen molar-refractivity contribution in [2.75, 3.05) is 31.1 Å². The number of hydrogen-bond acceptors (Lipinski definition) is 5. The largest absolute Gasteiger partial charge is 0.355 e. The zero-order chi connectivity index (χ0) is 10.1. The van der Waals surface area contributed by atoms with Gasteiger partial charge in [0.2, 0.25) is 0 Å². The Morgan fingerprint density at radius 2 is 1.94 bits per heavy atom. The smallest absolute Gasteiger partial charge is 0.256 e. The van der Waals surface area contributed by atoms with E-state index in [1.54, 1.807) is 12.5 Å². The van der Waals surface area contributed by atoms with Gasteiger partial charge in [-0.05, 0) is 6.07 Å². The molecule has 3 rings (SSSR count). The predicted molar refractivity (Wildman–Crippen MR) is 70.4 cm³/mol. The molecule has 0 bridgehead atoms. The summed E-state index contributed by atoms with van der Waals surface area (Å²) in [6, 6.07) is 2.00. The summed E-state index contributed by atoms with van der Waals surface area (Å²) in [4.78, 5) is 6.46. The Hall–Kier alpha value is -1.11. The molecule has 1 saturated heterocycles. The maximum absolute atomic E-state index is 4.14. The van der Waals surface area contributed by atoms with Gasteiger partial charge in [0, 0.05) is 32.4 Å². The number of anilines is 1. The maximum Gasteiger partial charge on any atom is 0.256 e. The minimum atomic E-state index is 0. The van der Waals surface area contributed by atoms with Crippen LogP contribution in [0.15, 0.2) is 18.6 Å². The van der Waals surface area contributed by atoms with Crippen LogP contribution in [0.2, 0.25) is 0 Å². The van der Waals surface area contributed by atoms with Gasteiger partial charge in [-0.15, -0.1) is 35.0 Å². The van der Waals surface area contributed by atoms with Crippen LogP contribution in [0.1, 0.15) is 0 Å². The van der Waals surface area contributed by atoms with Gasteiger partial charge < -0.3 is 10.2 Å². The van der Waals surface area contributed by atoms with Gasteiger partial charge in [-0.1, -0.05) is 0 Å². The molecule has 2 aromatic rings. The summed E-state index contributed by atoms with van der Waals surface area (Å²) >= 11 is 0. The molecule has 6 nitrogen and oxygen atoms in total. The molecule has 17 heavy (non-hydrogen) atoms. The second kappa shape index (κ2) is 6.00. The molecule has 94 valence electrons. The average Bonchev–Trinajstić information content (AvgIpc) is 2.78. The highest BCUT2D eigenvalue weighted by Crippen LogP contribution is 2.14. The number of fused-ring (bicyclic) bond motifs is 1. The van der Waals surface area contributed by atoms with Crippen molar-refractivity contribution in [1.29, 1.82) is 0 Å². The second-order valence-corrected chi connectivity index (χ2v) is 3.54. The summed E-state index contributed by atoms with van der Waals surface area (Å²) in [5.74, 6) is 1.78. The van der Waals surface area contributed by atoms with E-state index in [9.17, 15) is 0 Å². The fourth-order valence-electron chi connectivity index (χ4n) is 1.88. The van der Waals surface area contributed by atoms with Gasteiger partial charge in [0.25, 0.3) is 5.78 Å². The molecule has 0 atom stereocenters. The lowest BCUT2D eigenvalue weighted by Crippen LogP contribution is -2.44. The van der Waals surface area contributed by atoms with Crippen LogP contribution in [0.25, 0.3) is 5.78 Å². The average molecular weight is 277 g/mol. The molecule has 0 aromatic carbocycles. The zero-order valence-corrected chi connectivity index (χ0v) is 10.7. The standard InChI is InChI=1S/C9H12N6.2ClH/c1-2-11-9-13-12-7-15(9)8(1)14-5-3-10-4-6-14;;/h1-2,7,10H,3-6H2;2*1H. The Labute approximate surface area is 111 Å². The molecule has 0 spiro atoms. The van der Waals surface area contributed by atoms with Crippen LogP contribution in [-0.4, -0.2) is 45.8 Å². The quantitative estimate of drug-likeness (QED) is 0.816. The molecule has 1 N–H and O–H groups in total. The van der Waals surface area contributed by atoms with Crippen molar-refractivity contribution in [3.8, 4) is 0 Å². The molecule has 1 aliphatic heterocycles. The van der Waals surface area contributed by atoms with E-state index in [1.807, 2.05) is 10.5 Å². The van der Waals surface area contributed by atoms with E-state index >= 15 is 0 Å². The third-order valence-electron chi connectivity index (χ3n) is 2.63. The molecule has 0 radical (unpaired) electrons. The van der Waals surface area contributed by atoms with Crippen LogP contribution >= 0.6 is 24.8 Å². The van der Waals surface area contributed by atoms with Crippen molar-refractivity contribution in [1.82, 2.24) is 24.9 Å². The van der Waals surface area contributed by atoms with E-state index in [0.29, 0.717) is 5.78 Å². The third-order valence-corrected chi connectivity index (χ3v) is 2.63. The fraction of sp³-hybridized carbons (Fsp3) is 0.444. The first-order valence-electron chi connectivity index (χ1n) is 5.05. The SMILES string of the molecule is Cl.Cl.c1cc(N2CCNCC2)n2cnnc2n1. The molecule has 0 amide bonds. The number of halogens is 2. The third kappa shape index (κ3) is 2.59. The summed E-state index contributed by atoms with van der Waals surface area (Å²) in [7, 11) is 0. The van der Waals surface area contributed by atoms with Crippen LogP contribution < -0.4 is 10.2 Å². The molecule has 0 saturated carbocycles. The molecule has 2 aromatic heterocycles. The van der Waals surface area contributed by atoms with E-state index in [2.05, 4.69) is 25.4 Å². The highest BCUT2D eigenvalue weighted by molar-refractivity contribution is 5.85. The lowest BCUT2D eigenvalue weighted by molar-refractivity contribution is 0.583. The Morgan fingerprint density at radius 3 is 2.71 bits per heavy atom. The Kier molecular flexibility index (Phi) is 4.92. The second-order valence-electron chi connectivity index (χ2n) is 3.54. The molecular weight excluding hydrogens is 263 g/mol. The summed E-state index contributed by atoms with van der Waals surface area (Å²) in [5, 5.41) is 11.1. The molecular formula is C9H14Cl2N6. The van der Waals surface area contributed by atoms with E-state index in [-0.39, 0.29) is 24.8 Å². The van der Waals surface area contributed by atoms with Crippen molar-refractivity contribution in [3.05, 3.63) is 18.6 Å². The van der Waals surface area contributed by atoms with E-state index in [1.165, 1.54) is 0 Å². The number of rotatable bonds is 1. The number of hydrogen-bond donors (Lipinski definition) is 1. The maximum atomic E-state index is 4.14. The van der Waals surface area contributed by atoms with Crippen LogP contribution in [0, 0.1) is 0 Å². The summed E-state index contributed by atoms with van der Waals surface area (Å²) in [6.45, 7) is 4.06. The van der Waals surface area contributed by atoms with E-state index < -0.39 is 0 Å². The van der Waals surface area contributed by atoms with E-state index in [4.69, 9.17) is 0 Å². The lowest BCUT2D eigenvalue weighted by Gasteiger charge is -2.29. The molecule has 1 aliphatic rings. The fourth-order valence-corrected chi connectivity index (χ4v) is 1.88. The van der Waals surface area contributed by atoms with Crippen molar-refractivity contribution in [2.45, 2.75) is 0 Å². The predicted octanol–water partition coefficient (Wildman–Crippen LogP) is 0.377. The number of piperazine rings is 1. The van der Waals surface area contributed by atoms with Crippen LogP contribution in [-0.2, 0) is 0 Å². The molecule has 8 heteroatoms. The Morgan fingerprint density at radius 1 is 1.18 bits per heavy atom. The number of nitrogens with one attached hydrogen (secondary N) is 1. The molecule has 0 aliphatic carbocycles. The number of aromatic nitrogens is 4. The van der Waals surface area contributed by atoms with Crippen LogP contribution in [0.3, 0.4) is 0 Å². The first kappa shape index (κ1) is 14.0. The Bertz CT molecular complexity index is 467. The normalized spacial score (nSPS) is 15.2. The Balaban J connectivity index is 0.000000722. The summed E-state index contributed by atoms with van der Waals surface area (Å²) in [6.07, 6.45) is 3.49. The summed E-state index contributed by atoms with van der Waals surface area (Å²) < 4.78 is 1.92. The molecule has 3 heterocycles. The summed E-state index contributed by atoms with van der Waals surface area (Å²) in [5.41, 5.74) is 0. The van der Waals surface area contributed by atoms with Crippen molar-refractivity contribution in [3.63, 3.8) is 0 Å². The van der Waals surface area contributed by atoms with Crippen molar-refractivity contribution < 1.29 is 0 Å². The van der Waals surface area contributed by atoms with Gasteiger partial charge in [-0.25, -0.2) is 4.98 Å². The minimum Gasteiger partial charge on any atom is -0.355 e. The number of nitrogens with zero attached hydrogens (tertiary/aromatic N) is 5. The van der Waals surface area contributed by atoms with Gasteiger partial charge >= 0.3 is 0 Å². The van der Waals surface area contributed by atoms with Crippen molar-refractivity contribution in [2.24, 2.45) is 0 Å². The molecule has 0 unspecified atom stereocenters. The lowest BCUT2D eigenvalue weighted by atomic mass is 10.3. The zero-order valence-electron chi connectivity index (χ0n) is 9.11. The van der Waals surface area contributed by atoms with Crippen molar-refractivity contribution >= 4 is 36.4 Å². The molecule has 1 fully saturated rings. The highest BCUT2D eigenvalue weighted by atomic mass is 35.5. The van der Waals surface area contributed by atoms with Crippen LogP contribution in [0.5, 0.6) is 0 Å². The monoisotopic (exact) mass is 276 g/mol. The topological polar surface area (TPSA) is 58.4 Å². The minimum absolute atomic E-state index is 0. The highest BCUT2D eigenvalue weighted by Gasteiger charge is 2.13. The van der Waals surface area contributed by atoms with Gasteiger partial charge in [0.1, 0.15) is 12.1 Å². The van der Waals surface area contributed by atoms with Gasteiger partial charge in [0.15, 0.2) is 0 Å².